The number of carbonyl (C=O) groups excluding carboxylic acids is 1. The van der Waals surface area contributed by atoms with Crippen LogP contribution in [-0.2, 0) is 14.8 Å². The Kier molecular flexibility index (Phi) is 6.23. The fraction of sp³-hybridized carbons (Fsp3) is 0.118. The molecular weight excluding hydrogens is 385 g/mol. The molecule has 2 rings (SSSR count). The van der Waals surface area contributed by atoms with Crippen molar-refractivity contribution in [1.29, 1.82) is 0 Å². The fourth-order valence-corrected chi connectivity index (χ4v) is 3.29. The van der Waals surface area contributed by atoms with Crippen LogP contribution in [0.4, 0.5) is 4.39 Å². The van der Waals surface area contributed by atoms with Crippen molar-refractivity contribution in [2.45, 2.75) is 4.90 Å². The van der Waals surface area contributed by atoms with E-state index in [0.717, 1.165) is 18.2 Å². The first kappa shape index (κ1) is 19.7. The smallest absolute Gasteiger partial charge is 0.267 e. The van der Waals surface area contributed by atoms with Crippen LogP contribution in [0.25, 0.3) is 6.08 Å². The van der Waals surface area contributed by atoms with Crippen molar-refractivity contribution < 1.29 is 27.1 Å². The van der Waals surface area contributed by atoms with Crippen LogP contribution in [0.2, 0.25) is 5.02 Å². The topological polar surface area (TPSA) is 81.7 Å². The van der Waals surface area contributed by atoms with E-state index in [1.165, 1.54) is 26.4 Å². The van der Waals surface area contributed by atoms with Gasteiger partial charge in [0.25, 0.3) is 15.9 Å². The molecule has 0 atom stereocenters. The van der Waals surface area contributed by atoms with Crippen molar-refractivity contribution in [3.8, 4) is 11.5 Å². The maximum atomic E-state index is 13.8. The van der Waals surface area contributed by atoms with E-state index < -0.39 is 26.6 Å². The zero-order chi connectivity index (χ0) is 19.3. The summed E-state index contributed by atoms with van der Waals surface area (Å²) in [5, 5.41) is 0.0396. The minimum Gasteiger partial charge on any atom is -0.493 e. The summed E-state index contributed by atoms with van der Waals surface area (Å²) in [6.45, 7) is 0. The standard InChI is InChI=1S/C17H15ClFNO5S/c1-24-14-5-3-4-11(17(14)25-2)6-9-16(21)20-26(22,23)15-8-7-12(18)10-13(15)19/h3-10H,1-2H3,(H,20,21)/b9-6+. The van der Waals surface area contributed by atoms with Crippen LogP contribution in [-0.4, -0.2) is 28.5 Å². The second-order valence-corrected chi connectivity index (χ2v) is 7.05. The molecule has 138 valence electrons. The van der Waals surface area contributed by atoms with E-state index in [1.54, 1.807) is 22.9 Å². The van der Waals surface area contributed by atoms with Crippen LogP contribution in [0.15, 0.2) is 47.4 Å². The van der Waals surface area contributed by atoms with Crippen LogP contribution >= 0.6 is 11.6 Å². The highest BCUT2D eigenvalue weighted by atomic mass is 35.5. The van der Waals surface area contributed by atoms with Gasteiger partial charge in [-0.15, -0.1) is 0 Å². The average Bonchev–Trinajstić information content (AvgIpc) is 2.58. The van der Waals surface area contributed by atoms with Gasteiger partial charge in [-0.25, -0.2) is 17.5 Å². The van der Waals surface area contributed by atoms with Gasteiger partial charge < -0.3 is 9.47 Å². The molecule has 0 fully saturated rings. The van der Waals surface area contributed by atoms with Gasteiger partial charge in [0.05, 0.1) is 14.2 Å². The summed E-state index contributed by atoms with van der Waals surface area (Å²) >= 11 is 5.59. The van der Waals surface area contributed by atoms with Crippen LogP contribution < -0.4 is 14.2 Å². The first-order chi connectivity index (χ1) is 12.3. The highest BCUT2D eigenvalue weighted by molar-refractivity contribution is 7.90. The van der Waals surface area contributed by atoms with E-state index in [2.05, 4.69) is 0 Å². The number of para-hydroxylation sites is 1. The largest absolute Gasteiger partial charge is 0.493 e. The molecule has 9 heteroatoms. The predicted octanol–water partition coefficient (Wildman–Crippen LogP) is 3.01. The Labute approximate surface area is 155 Å². The Balaban J connectivity index is 2.22. The second kappa shape index (κ2) is 8.20. The van der Waals surface area contributed by atoms with Crippen LogP contribution in [0.3, 0.4) is 0 Å². The molecule has 0 aliphatic carbocycles. The SMILES string of the molecule is COc1cccc(/C=C/C(=O)NS(=O)(=O)c2ccc(Cl)cc2F)c1OC. The van der Waals surface area contributed by atoms with Crippen molar-refractivity contribution in [1.82, 2.24) is 4.72 Å². The third-order valence-corrected chi connectivity index (χ3v) is 4.88. The first-order valence-electron chi connectivity index (χ1n) is 7.19. The van der Waals surface area contributed by atoms with Gasteiger partial charge in [0.2, 0.25) is 0 Å². The van der Waals surface area contributed by atoms with Gasteiger partial charge in [-0.2, -0.15) is 0 Å². The average molecular weight is 400 g/mol. The number of carbonyl (C=O) groups is 1. The summed E-state index contributed by atoms with van der Waals surface area (Å²) in [6.07, 6.45) is 2.34. The molecule has 1 N–H and O–H groups in total. The number of benzene rings is 2. The monoisotopic (exact) mass is 399 g/mol. The van der Waals surface area contributed by atoms with Crippen molar-refractivity contribution in [3.05, 3.63) is 58.9 Å². The Morgan fingerprint density at radius 1 is 1.19 bits per heavy atom. The van der Waals surface area contributed by atoms with Crippen molar-refractivity contribution in [2.24, 2.45) is 0 Å². The van der Waals surface area contributed by atoms with Gasteiger partial charge >= 0.3 is 0 Å². The van der Waals surface area contributed by atoms with Gasteiger partial charge in [-0.05, 0) is 30.3 Å². The molecule has 26 heavy (non-hydrogen) atoms. The third-order valence-electron chi connectivity index (χ3n) is 3.27. The lowest BCUT2D eigenvalue weighted by Crippen LogP contribution is -2.29. The van der Waals surface area contributed by atoms with Gasteiger partial charge in [0.15, 0.2) is 11.5 Å². The van der Waals surface area contributed by atoms with E-state index in [0.29, 0.717) is 17.1 Å². The fourth-order valence-electron chi connectivity index (χ4n) is 2.12. The van der Waals surface area contributed by atoms with Crippen LogP contribution in [0, 0.1) is 5.82 Å². The predicted molar refractivity (Wildman–Crippen MR) is 95.3 cm³/mol. The molecule has 2 aromatic rings. The molecule has 0 saturated heterocycles. The number of sulfonamides is 1. The first-order valence-corrected chi connectivity index (χ1v) is 9.05. The zero-order valence-corrected chi connectivity index (χ0v) is 15.4. The molecule has 0 saturated carbocycles. The number of halogens is 2. The van der Waals surface area contributed by atoms with E-state index >= 15 is 0 Å². The maximum Gasteiger partial charge on any atom is 0.267 e. The quantitative estimate of drug-likeness (QED) is 0.755. The minimum absolute atomic E-state index is 0.0396. The number of hydrogen-bond acceptors (Lipinski definition) is 5. The molecule has 2 aromatic carbocycles. The Bertz CT molecular complexity index is 960. The summed E-state index contributed by atoms with van der Waals surface area (Å²) in [5.74, 6) is -1.18. The number of methoxy groups -OCH3 is 2. The van der Waals surface area contributed by atoms with E-state index in [4.69, 9.17) is 21.1 Å². The molecule has 0 radical (unpaired) electrons. The number of amides is 1. The molecule has 0 aliphatic rings. The maximum absolute atomic E-state index is 13.8. The lowest BCUT2D eigenvalue weighted by atomic mass is 10.1. The van der Waals surface area contributed by atoms with E-state index in [-0.39, 0.29) is 5.02 Å². The van der Waals surface area contributed by atoms with Gasteiger partial charge in [-0.3, -0.25) is 4.79 Å². The third kappa shape index (κ3) is 4.53. The van der Waals surface area contributed by atoms with Crippen molar-refractivity contribution >= 4 is 33.6 Å². The molecule has 0 unspecified atom stereocenters. The molecule has 0 heterocycles. The summed E-state index contributed by atoms with van der Waals surface area (Å²) in [7, 11) is -1.48. The minimum atomic E-state index is -4.38. The molecule has 0 bridgehead atoms. The van der Waals surface area contributed by atoms with Gasteiger partial charge in [0.1, 0.15) is 10.7 Å². The van der Waals surface area contributed by atoms with E-state index in [1.807, 2.05) is 0 Å². The summed E-state index contributed by atoms with van der Waals surface area (Å²) in [6, 6.07) is 8.03. The Morgan fingerprint density at radius 2 is 1.92 bits per heavy atom. The van der Waals surface area contributed by atoms with E-state index in [9.17, 15) is 17.6 Å². The second-order valence-electron chi connectivity index (χ2n) is 4.96. The van der Waals surface area contributed by atoms with Crippen LogP contribution in [0.1, 0.15) is 5.56 Å². The molecular formula is C17H15ClFNO5S. The summed E-state index contributed by atoms with van der Waals surface area (Å²) < 4.78 is 50.1. The number of hydrogen-bond donors (Lipinski definition) is 1. The molecule has 0 spiro atoms. The van der Waals surface area contributed by atoms with Gasteiger partial charge in [0, 0.05) is 16.7 Å². The highest BCUT2D eigenvalue weighted by Crippen LogP contribution is 2.31. The number of nitrogens with one attached hydrogen (secondary N) is 1. The number of rotatable bonds is 6. The Morgan fingerprint density at radius 3 is 2.54 bits per heavy atom. The molecule has 1 amide bonds. The molecule has 0 aliphatic heterocycles. The summed E-state index contributed by atoms with van der Waals surface area (Å²) in [4.78, 5) is 11.3. The zero-order valence-electron chi connectivity index (χ0n) is 13.8. The van der Waals surface area contributed by atoms with Crippen molar-refractivity contribution in [3.63, 3.8) is 0 Å². The lowest BCUT2D eigenvalue weighted by Gasteiger charge is -2.10. The lowest BCUT2D eigenvalue weighted by molar-refractivity contribution is -0.114. The highest BCUT2D eigenvalue weighted by Gasteiger charge is 2.21. The normalized spacial score (nSPS) is 11.4. The number of ether oxygens (including phenoxy) is 2. The van der Waals surface area contributed by atoms with Crippen molar-refractivity contribution in [2.75, 3.05) is 14.2 Å². The Hall–Kier alpha value is -2.58. The van der Waals surface area contributed by atoms with Crippen LogP contribution in [0.5, 0.6) is 11.5 Å². The summed E-state index contributed by atoms with van der Waals surface area (Å²) in [5.41, 5.74) is 0.497. The molecule has 6 nitrogen and oxygen atoms in total. The molecule has 0 aromatic heterocycles. The van der Waals surface area contributed by atoms with Gasteiger partial charge in [-0.1, -0.05) is 23.7 Å².